The molecule has 0 radical (unpaired) electrons. The first-order chi connectivity index (χ1) is 13.4. The zero-order valence-electron chi connectivity index (χ0n) is 14.9. The van der Waals surface area contributed by atoms with E-state index in [0.29, 0.717) is 0 Å². The number of benzene rings is 3. The summed E-state index contributed by atoms with van der Waals surface area (Å²) in [6, 6.07) is 26.6. The van der Waals surface area contributed by atoms with Gasteiger partial charge in [0.2, 0.25) is 0 Å². The van der Waals surface area contributed by atoms with Crippen molar-refractivity contribution in [2.75, 3.05) is 6.61 Å². The summed E-state index contributed by atoms with van der Waals surface area (Å²) in [5.41, 5.74) is 0.240. The molecule has 6 heteroatoms. The first-order valence-corrected chi connectivity index (χ1v) is 9.85. The minimum Gasteiger partial charge on any atom is -0.462 e. The van der Waals surface area contributed by atoms with Gasteiger partial charge in [-0.2, -0.15) is 13.2 Å². The van der Waals surface area contributed by atoms with Gasteiger partial charge in [0.05, 0.1) is 22.9 Å². The quantitative estimate of drug-likeness (QED) is 0.379. The van der Waals surface area contributed by atoms with Gasteiger partial charge in [-0.3, -0.25) is 0 Å². The van der Waals surface area contributed by atoms with E-state index in [4.69, 9.17) is 4.74 Å². The van der Waals surface area contributed by atoms with Crippen LogP contribution in [0.15, 0.2) is 99.6 Å². The van der Waals surface area contributed by atoms with Crippen LogP contribution in [0.3, 0.4) is 0 Å². The third-order valence-electron chi connectivity index (χ3n) is 3.88. The lowest BCUT2D eigenvalue weighted by atomic mass is 10.2. The van der Waals surface area contributed by atoms with E-state index in [1.54, 1.807) is 18.2 Å². The van der Waals surface area contributed by atoms with Gasteiger partial charge < -0.3 is 4.74 Å². The van der Waals surface area contributed by atoms with E-state index in [-0.39, 0.29) is 5.56 Å². The predicted molar refractivity (Wildman–Crippen MR) is 102 cm³/mol. The number of halogens is 3. The van der Waals surface area contributed by atoms with Crippen LogP contribution in [-0.4, -0.2) is 18.8 Å². The van der Waals surface area contributed by atoms with Crippen molar-refractivity contribution in [1.82, 2.24) is 0 Å². The van der Waals surface area contributed by atoms with Crippen molar-refractivity contribution in [3.63, 3.8) is 0 Å². The molecule has 0 saturated carbocycles. The fraction of sp³-hybridized carbons (Fsp3) is 0.136. The summed E-state index contributed by atoms with van der Waals surface area (Å²) in [5, 5.41) is 0. The molecule has 0 fully saturated rings. The molecular weight excluding hydrogens is 385 g/mol. The van der Waals surface area contributed by atoms with Gasteiger partial charge >= 0.3 is 12.1 Å². The standard InChI is InChI=1S/C22H18F3O2S/c23-22(24,25)14-15-27-21(26)17-8-7-13-20(16-17)28(18-9-3-1-4-10-18)19-11-5-2-6-12-19/h1-13,16H,14-15H2/q+1. The SMILES string of the molecule is O=C(OCCC(F)(F)F)c1cccc([S+](c2ccccc2)c2ccccc2)c1. The zero-order chi connectivity index (χ0) is 20.0. The molecule has 0 heterocycles. The summed E-state index contributed by atoms with van der Waals surface area (Å²) in [5.74, 6) is -0.754. The van der Waals surface area contributed by atoms with Crippen LogP contribution in [-0.2, 0) is 15.6 Å². The molecule has 28 heavy (non-hydrogen) atoms. The molecule has 0 aromatic heterocycles. The molecular formula is C22H18F3O2S+. The largest absolute Gasteiger partial charge is 0.462 e. The van der Waals surface area contributed by atoms with Crippen LogP contribution in [0.2, 0.25) is 0 Å². The number of esters is 1. The molecule has 0 aliphatic rings. The molecule has 3 aromatic carbocycles. The molecule has 0 aliphatic carbocycles. The zero-order valence-corrected chi connectivity index (χ0v) is 15.7. The molecule has 0 unspecified atom stereocenters. The molecule has 2 nitrogen and oxygen atoms in total. The third-order valence-corrected chi connectivity index (χ3v) is 6.09. The molecule has 0 N–H and O–H groups in total. The average molecular weight is 403 g/mol. The Bertz CT molecular complexity index is 872. The van der Waals surface area contributed by atoms with Crippen molar-refractivity contribution < 1.29 is 22.7 Å². The number of alkyl halides is 3. The molecule has 0 spiro atoms. The highest BCUT2D eigenvalue weighted by Gasteiger charge is 2.30. The number of ether oxygens (including phenoxy) is 1. The van der Waals surface area contributed by atoms with E-state index in [9.17, 15) is 18.0 Å². The molecule has 0 saturated heterocycles. The molecule has 3 rings (SSSR count). The maximum atomic E-state index is 12.3. The van der Waals surface area contributed by atoms with E-state index in [1.165, 1.54) is 0 Å². The minimum atomic E-state index is -4.35. The van der Waals surface area contributed by atoms with Crippen LogP contribution in [0.1, 0.15) is 16.8 Å². The lowest BCUT2D eigenvalue weighted by Crippen LogP contribution is -2.15. The number of carbonyl (C=O) groups excluding carboxylic acids is 1. The van der Waals surface area contributed by atoms with Crippen LogP contribution in [0, 0.1) is 0 Å². The van der Waals surface area contributed by atoms with E-state index < -0.39 is 36.1 Å². The minimum absolute atomic E-state index is 0.240. The highest BCUT2D eigenvalue weighted by atomic mass is 32.2. The van der Waals surface area contributed by atoms with Crippen LogP contribution in [0.5, 0.6) is 0 Å². The molecule has 144 valence electrons. The maximum Gasteiger partial charge on any atom is 0.392 e. The predicted octanol–water partition coefficient (Wildman–Crippen LogP) is 5.89. The summed E-state index contributed by atoms with van der Waals surface area (Å²) in [4.78, 5) is 15.2. The Morgan fingerprint density at radius 2 is 1.32 bits per heavy atom. The summed E-state index contributed by atoms with van der Waals surface area (Å²) in [7, 11) is -0.449. The van der Waals surface area contributed by atoms with E-state index in [1.807, 2.05) is 66.7 Å². The number of carbonyl (C=O) groups is 1. The summed E-state index contributed by atoms with van der Waals surface area (Å²) >= 11 is 0. The van der Waals surface area contributed by atoms with Crippen molar-refractivity contribution in [1.29, 1.82) is 0 Å². The molecule has 0 amide bonds. The van der Waals surface area contributed by atoms with Crippen molar-refractivity contribution >= 4 is 16.9 Å². The second-order valence-corrected chi connectivity index (χ2v) is 7.99. The van der Waals surface area contributed by atoms with E-state index in [2.05, 4.69) is 0 Å². The summed E-state index contributed by atoms with van der Waals surface area (Å²) in [6.07, 6.45) is -5.51. The van der Waals surface area contributed by atoms with Crippen LogP contribution in [0.4, 0.5) is 13.2 Å². The normalized spacial score (nSPS) is 11.4. The maximum absolute atomic E-state index is 12.3. The monoisotopic (exact) mass is 403 g/mol. The Labute approximate surface area is 164 Å². The van der Waals surface area contributed by atoms with Crippen LogP contribution < -0.4 is 0 Å². The van der Waals surface area contributed by atoms with E-state index >= 15 is 0 Å². The Hall–Kier alpha value is -2.73. The van der Waals surface area contributed by atoms with Crippen LogP contribution in [0.25, 0.3) is 0 Å². The second kappa shape index (κ2) is 8.97. The highest BCUT2D eigenvalue weighted by molar-refractivity contribution is 7.97. The second-order valence-electron chi connectivity index (χ2n) is 5.96. The van der Waals surface area contributed by atoms with Gasteiger partial charge in [-0.05, 0) is 36.4 Å². The van der Waals surface area contributed by atoms with Gasteiger partial charge in [-0.25, -0.2) is 4.79 Å². The van der Waals surface area contributed by atoms with Gasteiger partial charge in [0.25, 0.3) is 0 Å². The number of rotatable bonds is 6. The lowest BCUT2D eigenvalue weighted by molar-refractivity contribution is -0.141. The first-order valence-electron chi connectivity index (χ1n) is 8.62. The Morgan fingerprint density at radius 3 is 1.86 bits per heavy atom. The number of hydrogen-bond donors (Lipinski definition) is 0. The van der Waals surface area contributed by atoms with Gasteiger partial charge in [-0.1, -0.05) is 42.5 Å². The fourth-order valence-corrected chi connectivity index (χ4v) is 4.75. The Balaban J connectivity index is 1.88. The first kappa shape index (κ1) is 20.0. The topological polar surface area (TPSA) is 26.3 Å². The summed E-state index contributed by atoms with van der Waals surface area (Å²) < 4.78 is 41.6. The van der Waals surface area contributed by atoms with Gasteiger partial charge in [0.1, 0.15) is 6.61 Å². The van der Waals surface area contributed by atoms with Crippen molar-refractivity contribution in [3.8, 4) is 0 Å². The Morgan fingerprint density at radius 1 is 0.786 bits per heavy atom. The average Bonchev–Trinajstić information content (AvgIpc) is 2.69. The highest BCUT2D eigenvalue weighted by Crippen LogP contribution is 2.31. The van der Waals surface area contributed by atoms with E-state index in [0.717, 1.165) is 14.7 Å². The molecule has 0 atom stereocenters. The Kier molecular flexibility index (Phi) is 6.41. The summed E-state index contributed by atoms with van der Waals surface area (Å²) in [6.45, 7) is -0.685. The van der Waals surface area contributed by atoms with Crippen LogP contribution >= 0.6 is 0 Å². The third kappa shape index (κ3) is 5.39. The molecule has 0 bridgehead atoms. The molecule has 3 aromatic rings. The number of hydrogen-bond acceptors (Lipinski definition) is 2. The van der Waals surface area contributed by atoms with Crippen molar-refractivity contribution in [2.24, 2.45) is 0 Å². The molecule has 0 aliphatic heterocycles. The smallest absolute Gasteiger partial charge is 0.392 e. The van der Waals surface area contributed by atoms with Gasteiger partial charge in [0, 0.05) is 6.07 Å². The van der Waals surface area contributed by atoms with Crippen molar-refractivity contribution in [3.05, 3.63) is 90.5 Å². The van der Waals surface area contributed by atoms with Gasteiger partial charge in [-0.15, -0.1) is 0 Å². The fourth-order valence-electron chi connectivity index (χ4n) is 2.61. The lowest BCUT2D eigenvalue weighted by Gasteiger charge is -2.10. The van der Waals surface area contributed by atoms with Crippen molar-refractivity contribution in [2.45, 2.75) is 27.3 Å². The van der Waals surface area contributed by atoms with Gasteiger partial charge in [0.15, 0.2) is 14.7 Å².